The molecular formula is C18H31F2N3O2. The fourth-order valence-electron chi connectivity index (χ4n) is 4.42. The molecule has 0 aromatic heterocycles. The van der Waals surface area contributed by atoms with Crippen molar-refractivity contribution in [2.45, 2.75) is 56.6 Å². The first-order valence-corrected chi connectivity index (χ1v) is 9.63. The number of hydrogen-bond acceptors (Lipinski definition) is 4. The van der Waals surface area contributed by atoms with Crippen molar-refractivity contribution in [3.63, 3.8) is 0 Å². The van der Waals surface area contributed by atoms with Gasteiger partial charge in [-0.1, -0.05) is 0 Å². The van der Waals surface area contributed by atoms with E-state index in [0.717, 1.165) is 32.6 Å². The van der Waals surface area contributed by atoms with Crippen molar-refractivity contribution in [3.05, 3.63) is 0 Å². The molecule has 0 aromatic rings. The van der Waals surface area contributed by atoms with E-state index in [4.69, 9.17) is 0 Å². The lowest BCUT2D eigenvalue weighted by Crippen LogP contribution is -2.52. The van der Waals surface area contributed by atoms with Crippen LogP contribution in [0.1, 0.15) is 38.5 Å². The lowest BCUT2D eigenvalue weighted by atomic mass is 9.86. The Hall–Kier alpha value is -0.790. The summed E-state index contributed by atoms with van der Waals surface area (Å²) in [7, 11) is 2.11. The molecule has 0 radical (unpaired) electrons. The van der Waals surface area contributed by atoms with E-state index in [1.54, 1.807) is 0 Å². The highest BCUT2D eigenvalue weighted by Crippen LogP contribution is 2.37. The summed E-state index contributed by atoms with van der Waals surface area (Å²) in [6.45, 7) is 5.06. The Bertz CT molecular complexity index is 459. The van der Waals surface area contributed by atoms with Gasteiger partial charge in [0.15, 0.2) is 0 Å². The van der Waals surface area contributed by atoms with Gasteiger partial charge < -0.3 is 14.9 Å². The van der Waals surface area contributed by atoms with E-state index in [-0.39, 0.29) is 43.6 Å². The fraction of sp³-hybridized carbons (Fsp3) is 0.944. The van der Waals surface area contributed by atoms with Gasteiger partial charge in [0.2, 0.25) is 11.8 Å². The van der Waals surface area contributed by atoms with Crippen LogP contribution in [0.3, 0.4) is 0 Å². The first kappa shape index (κ1) is 19.0. The zero-order chi connectivity index (χ0) is 18.0. The van der Waals surface area contributed by atoms with E-state index >= 15 is 0 Å². The maximum absolute atomic E-state index is 13.3. The molecule has 1 N–H and O–H groups in total. The molecule has 1 saturated carbocycles. The van der Waals surface area contributed by atoms with Gasteiger partial charge in [-0.25, -0.2) is 8.78 Å². The molecule has 2 heterocycles. The highest BCUT2D eigenvalue weighted by atomic mass is 19.3. The predicted octanol–water partition coefficient (Wildman–Crippen LogP) is 1.41. The number of amides is 1. The van der Waals surface area contributed by atoms with Crippen LogP contribution < -0.4 is 0 Å². The number of aliphatic hydroxyl groups excluding tert-OH is 1. The highest BCUT2D eigenvalue weighted by molar-refractivity contribution is 5.79. The number of carbonyl (C=O) groups excluding carboxylic acids is 1. The molecule has 0 bridgehead atoms. The third-order valence-electron chi connectivity index (χ3n) is 6.22. The second-order valence-electron chi connectivity index (χ2n) is 8.01. The van der Waals surface area contributed by atoms with E-state index in [0.29, 0.717) is 19.5 Å². The van der Waals surface area contributed by atoms with Crippen LogP contribution in [0.5, 0.6) is 0 Å². The summed E-state index contributed by atoms with van der Waals surface area (Å²) in [4.78, 5) is 19.2. The standard InChI is InChI=1S/C18H31F2N3O2/c1-21-10-12-22(13-11-21)15-4-8-23(9-5-16(15)24)17(25)14-2-6-18(19,20)7-3-14/h14-16,24H,2-13H2,1H3/t15-,16-/m0/s1. The van der Waals surface area contributed by atoms with Crippen molar-refractivity contribution in [2.24, 2.45) is 5.92 Å². The van der Waals surface area contributed by atoms with E-state index in [2.05, 4.69) is 16.8 Å². The van der Waals surface area contributed by atoms with Crippen molar-refractivity contribution in [2.75, 3.05) is 46.3 Å². The van der Waals surface area contributed by atoms with Crippen molar-refractivity contribution < 1.29 is 18.7 Å². The Balaban J connectivity index is 1.54. The van der Waals surface area contributed by atoms with Crippen LogP contribution in [-0.4, -0.2) is 90.1 Å². The first-order valence-electron chi connectivity index (χ1n) is 9.63. The summed E-state index contributed by atoms with van der Waals surface area (Å²) in [5.74, 6) is -2.85. The molecule has 3 aliphatic rings. The number of alkyl halides is 2. The molecule has 2 atom stereocenters. The molecule has 5 nitrogen and oxygen atoms in total. The first-order chi connectivity index (χ1) is 11.9. The van der Waals surface area contributed by atoms with Gasteiger partial charge in [0, 0.05) is 64.1 Å². The maximum atomic E-state index is 13.3. The normalized spacial score (nSPS) is 33.2. The van der Waals surface area contributed by atoms with Crippen molar-refractivity contribution in [1.82, 2.24) is 14.7 Å². The summed E-state index contributed by atoms with van der Waals surface area (Å²) < 4.78 is 26.6. The van der Waals surface area contributed by atoms with Crippen molar-refractivity contribution in [3.8, 4) is 0 Å². The number of hydrogen-bond donors (Lipinski definition) is 1. The SMILES string of the molecule is CN1CCN([C@H]2CCN(C(=O)C3CCC(F)(F)CC3)CC[C@@H]2O)CC1. The third kappa shape index (κ3) is 4.68. The average molecular weight is 359 g/mol. The number of likely N-dealkylation sites (N-methyl/N-ethyl adjacent to an activating group) is 1. The molecule has 3 rings (SSSR count). The third-order valence-corrected chi connectivity index (χ3v) is 6.22. The van der Waals surface area contributed by atoms with Gasteiger partial charge in [-0.3, -0.25) is 9.69 Å². The summed E-state index contributed by atoms with van der Waals surface area (Å²) >= 11 is 0. The average Bonchev–Trinajstić information content (AvgIpc) is 2.77. The minimum absolute atomic E-state index is 0.0155. The van der Waals surface area contributed by atoms with Crippen LogP contribution >= 0.6 is 0 Å². The van der Waals surface area contributed by atoms with Crippen LogP contribution in [0, 0.1) is 5.92 Å². The molecule has 7 heteroatoms. The Morgan fingerprint density at radius 3 is 2.20 bits per heavy atom. The predicted molar refractivity (Wildman–Crippen MR) is 91.6 cm³/mol. The van der Waals surface area contributed by atoms with Gasteiger partial charge >= 0.3 is 0 Å². The van der Waals surface area contributed by atoms with E-state index in [9.17, 15) is 18.7 Å². The van der Waals surface area contributed by atoms with Crippen molar-refractivity contribution >= 4 is 5.91 Å². The Labute approximate surface area is 148 Å². The summed E-state index contributed by atoms with van der Waals surface area (Å²) in [6, 6.07) is 0.0992. The molecule has 3 fully saturated rings. The van der Waals surface area contributed by atoms with Gasteiger partial charge in [0.1, 0.15) is 0 Å². The smallest absolute Gasteiger partial charge is 0.248 e. The van der Waals surface area contributed by atoms with E-state index < -0.39 is 12.0 Å². The Kier molecular flexibility index (Phi) is 5.96. The number of halogens is 2. The van der Waals surface area contributed by atoms with Crippen LogP contribution in [0.25, 0.3) is 0 Å². The zero-order valence-corrected chi connectivity index (χ0v) is 15.2. The monoisotopic (exact) mass is 359 g/mol. The second kappa shape index (κ2) is 7.84. The minimum Gasteiger partial charge on any atom is -0.391 e. The highest BCUT2D eigenvalue weighted by Gasteiger charge is 2.39. The molecule has 2 saturated heterocycles. The maximum Gasteiger partial charge on any atom is 0.248 e. The van der Waals surface area contributed by atoms with Crippen LogP contribution in [0.15, 0.2) is 0 Å². The van der Waals surface area contributed by atoms with Gasteiger partial charge in [-0.15, -0.1) is 0 Å². The van der Waals surface area contributed by atoms with Crippen LogP contribution in [0.4, 0.5) is 8.78 Å². The zero-order valence-electron chi connectivity index (χ0n) is 15.2. The quantitative estimate of drug-likeness (QED) is 0.810. The minimum atomic E-state index is -2.60. The molecule has 2 aliphatic heterocycles. The molecule has 1 aliphatic carbocycles. The van der Waals surface area contributed by atoms with E-state index in [1.165, 1.54) is 0 Å². The molecular weight excluding hydrogens is 328 g/mol. The van der Waals surface area contributed by atoms with Gasteiger partial charge in [-0.2, -0.15) is 0 Å². The van der Waals surface area contributed by atoms with Crippen molar-refractivity contribution in [1.29, 1.82) is 0 Å². The number of piperazine rings is 1. The summed E-state index contributed by atoms with van der Waals surface area (Å²) in [5, 5.41) is 10.6. The molecule has 25 heavy (non-hydrogen) atoms. The van der Waals surface area contributed by atoms with Gasteiger partial charge in [-0.05, 0) is 32.7 Å². The number of aliphatic hydroxyl groups is 1. The number of rotatable bonds is 2. The topological polar surface area (TPSA) is 47.0 Å². The summed E-state index contributed by atoms with van der Waals surface area (Å²) in [5.41, 5.74) is 0. The Morgan fingerprint density at radius 1 is 0.960 bits per heavy atom. The van der Waals surface area contributed by atoms with Gasteiger partial charge in [0.05, 0.1) is 6.10 Å². The van der Waals surface area contributed by atoms with E-state index in [1.807, 2.05) is 4.90 Å². The molecule has 1 amide bonds. The second-order valence-corrected chi connectivity index (χ2v) is 8.01. The van der Waals surface area contributed by atoms with Gasteiger partial charge in [0.25, 0.3) is 0 Å². The Morgan fingerprint density at radius 2 is 1.56 bits per heavy atom. The number of carbonyl (C=O) groups is 1. The fourth-order valence-corrected chi connectivity index (χ4v) is 4.42. The molecule has 144 valence electrons. The van der Waals surface area contributed by atoms with Crippen LogP contribution in [-0.2, 0) is 4.79 Å². The lowest BCUT2D eigenvalue weighted by Gasteiger charge is -2.39. The largest absolute Gasteiger partial charge is 0.391 e. The molecule has 0 spiro atoms. The number of nitrogens with zero attached hydrogens (tertiary/aromatic N) is 3. The lowest BCUT2D eigenvalue weighted by molar-refractivity contribution is -0.139. The molecule has 0 unspecified atom stereocenters. The van der Waals surface area contributed by atoms with Crippen LogP contribution in [0.2, 0.25) is 0 Å². The number of likely N-dealkylation sites (tertiary alicyclic amines) is 1. The summed E-state index contributed by atoms with van der Waals surface area (Å²) in [6.07, 6.45) is 1.13. The molecule has 0 aromatic carbocycles.